The number of rotatable bonds is 4. The molecule has 2 aromatic heterocycles. The SMILES string of the molecule is COC(=O)c1cc2c(nc1-c1cccnc1)CCN(S(=O)(=O)N(C)C)CC2. The van der Waals surface area contributed by atoms with Crippen LogP contribution in [-0.4, -0.2) is 67.3 Å². The Balaban J connectivity index is 2.03. The van der Waals surface area contributed by atoms with Crippen LogP contribution in [0.25, 0.3) is 11.3 Å². The van der Waals surface area contributed by atoms with Crippen LogP contribution in [-0.2, 0) is 27.8 Å². The molecule has 8 nitrogen and oxygen atoms in total. The molecule has 0 N–H and O–H groups in total. The van der Waals surface area contributed by atoms with Gasteiger partial charge in [-0.15, -0.1) is 0 Å². The van der Waals surface area contributed by atoms with E-state index >= 15 is 0 Å². The van der Waals surface area contributed by atoms with Crippen molar-refractivity contribution in [1.29, 1.82) is 0 Å². The summed E-state index contributed by atoms with van der Waals surface area (Å²) in [5.41, 5.74) is 3.21. The van der Waals surface area contributed by atoms with Crippen molar-refractivity contribution in [2.24, 2.45) is 0 Å². The van der Waals surface area contributed by atoms with Gasteiger partial charge in [-0.05, 0) is 30.2 Å². The fraction of sp³-hybridized carbons (Fsp3) is 0.389. The molecular weight excluding hydrogens is 368 g/mol. The lowest BCUT2D eigenvalue weighted by Gasteiger charge is -2.23. The largest absolute Gasteiger partial charge is 0.465 e. The van der Waals surface area contributed by atoms with Gasteiger partial charge in [0.05, 0.1) is 18.4 Å². The van der Waals surface area contributed by atoms with Crippen molar-refractivity contribution in [1.82, 2.24) is 18.6 Å². The van der Waals surface area contributed by atoms with Crippen molar-refractivity contribution >= 4 is 16.2 Å². The number of ether oxygens (including phenoxy) is 1. The third-order valence-electron chi connectivity index (χ3n) is 4.55. The maximum atomic E-state index is 12.4. The Labute approximate surface area is 159 Å². The fourth-order valence-electron chi connectivity index (χ4n) is 3.06. The molecule has 2 aromatic rings. The highest BCUT2D eigenvalue weighted by Crippen LogP contribution is 2.27. The van der Waals surface area contributed by atoms with Crippen LogP contribution in [0.2, 0.25) is 0 Å². The number of aromatic nitrogens is 2. The summed E-state index contributed by atoms with van der Waals surface area (Å²) >= 11 is 0. The minimum Gasteiger partial charge on any atom is -0.465 e. The van der Waals surface area contributed by atoms with Gasteiger partial charge in [0.1, 0.15) is 0 Å². The standard InChI is InChI=1S/C18H22N4O4S/c1-21(2)27(24,25)22-9-6-13-11-15(18(23)26-3)17(20-16(13)7-10-22)14-5-4-8-19-12-14/h4-5,8,11-12H,6-7,9-10H2,1-3H3. The number of pyridine rings is 2. The number of hydrogen-bond donors (Lipinski definition) is 0. The van der Waals surface area contributed by atoms with Gasteiger partial charge in [0.15, 0.2) is 0 Å². The van der Waals surface area contributed by atoms with Gasteiger partial charge in [0.25, 0.3) is 10.2 Å². The summed E-state index contributed by atoms with van der Waals surface area (Å²) in [5, 5.41) is 0. The Morgan fingerprint density at radius 3 is 2.63 bits per heavy atom. The van der Waals surface area contributed by atoms with Gasteiger partial charge in [-0.3, -0.25) is 9.97 Å². The monoisotopic (exact) mass is 390 g/mol. The van der Waals surface area contributed by atoms with E-state index in [4.69, 9.17) is 9.72 Å². The number of esters is 1. The number of carbonyl (C=O) groups is 1. The van der Waals surface area contributed by atoms with E-state index in [0.717, 1.165) is 11.3 Å². The maximum absolute atomic E-state index is 12.4. The zero-order chi connectivity index (χ0) is 19.6. The van der Waals surface area contributed by atoms with Gasteiger partial charge in [-0.25, -0.2) is 4.79 Å². The molecule has 0 radical (unpaired) electrons. The zero-order valence-electron chi connectivity index (χ0n) is 15.5. The van der Waals surface area contributed by atoms with E-state index in [1.165, 1.54) is 29.8 Å². The second-order valence-corrected chi connectivity index (χ2v) is 8.56. The van der Waals surface area contributed by atoms with E-state index in [9.17, 15) is 13.2 Å². The minimum atomic E-state index is -3.50. The topological polar surface area (TPSA) is 92.7 Å². The Morgan fingerprint density at radius 1 is 1.26 bits per heavy atom. The predicted octanol–water partition coefficient (Wildman–Crippen LogP) is 1.14. The molecule has 0 amide bonds. The van der Waals surface area contributed by atoms with Crippen LogP contribution >= 0.6 is 0 Å². The molecule has 3 rings (SSSR count). The van der Waals surface area contributed by atoms with Gasteiger partial charge in [-0.2, -0.15) is 17.0 Å². The highest BCUT2D eigenvalue weighted by molar-refractivity contribution is 7.86. The molecule has 0 unspecified atom stereocenters. The van der Waals surface area contributed by atoms with Crippen molar-refractivity contribution in [2.75, 3.05) is 34.3 Å². The van der Waals surface area contributed by atoms with Gasteiger partial charge in [0, 0.05) is 57.3 Å². The molecule has 0 bridgehead atoms. The molecule has 0 saturated heterocycles. The van der Waals surface area contributed by atoms with Crippen LogP contribution in [0.1, 0.15) is 21.6 Å². The van der Waals surface area contributed by atoms with E-state index < -0.39 is 16.2 Å². The number of fused-ring (bicyclic) bond motifs is 1. The van der Waals surface area contributed by atoms with Gasteiger partial charge in [0.2, 0.25) is 0 Å². The quantitative estimate of drug-likeness (QED) is 0.727. The van der Waals surface area contributed by atoms with E-state index in [-0.39, 0.29) is 0 Å². The lowest BCUT2D eigenvalue weighted by molar-refractivity contribution is 0.0601. The average molecular weight is 390 g/mol. The van der Waals surface area contributed by atoms with E-state index in [0.29, 0.717) is 42.8 Å². The molecule has 27 heavy (non-hydrogen) atoms. The Bertz CT molecular complexity index is 945. The molecule has 1 aliphatic heterocycles. The summed E-state index contributed by atoms with van der Waals surface area (Å²) in [5.74, 6) is -0.480. The number of carbonyl (C=O) groups excluding carboxylic acids is 1. The van der Waals surface area contributed by atoms with Crippen LogP contribution in [0.15, 0.2) is 30.6 Å². The third kappa shape index (κ3) is 3.85. The molecule has 0 fully saturated rings. The summed E-state index contributed by atoms with van der Waals surface area (Å²) in [6, 6.07) is 5.37. The van der Waals surface area contributed by atoms with E-state index in [2.05, 4.69) is 4.98 Å². The second-order valence-electron chi connectivity index (χ2n) is 6.41. The van der Waals surface area contributed by atoms with Crippen LogP contribution in [0.5, 0.6) is 0 Å². The lowest BCUT2D eigenvalue weighted by atomic mass is 10.0. The van der Waals surface area contributed by atoms with Crippen molar-refractivity contribution in [3.63, 3.8) is 0 Å². The summed E-state index contributed by atoms with van der Waals surface area (Å²) < 4.78 is 32.5. The summed E-state index contributed by atoms with van der Waals surface area (Å²) in [6.45, 7) is 0.673. The molecule has 9 heteroatoms. The summed E-state index contributed by atoms with van der Waals surface area (Å²) in [4.78, 5) is 21.1. The molecule has 0 saturated carbocycles. The molecule has 0 aromatic carbocycles. The molecule has 144 valence electrons. The first kappa shape index (κ1) is 19.4. The fourth-order valence-corrected chi connectivity index (χ4v) is 4.17. The average Bonchev–Trinajstić information content (AvgIpc) is 2.89. The first-order valence-electron chi connectivity index (χ1n) is 8.53. The predicted molar refractivity (Wildman–Crippen MR) is 100 cm³/mol. The first-order chi connectivity index (χ1) is 12.8. The van der Waals surface area contributed by atoms with Gasteiger partial charge >= 0.3 is 5.97 Å². The third-order valence-corrected chi connectivity index (χ3v) is 6.49. The van der Waals surface area contributed by atoms with Crippen molar-refractivity contribution < 1.29 is 17.9 Å². The molecular formula is C18H22N4O4S. The normalized spacial score (nSPS) is 15.3. The van der Waals surface area contributed by atoms with E-state index in [1.807, 2.05) is 6.07 Å². The molecule has 3 heterocycles. The van der Waals surface area contributed by atoms with E-state index in [1.54, 1.807) is 24.5 Å². The van der Waals surface area contributed by atoms with Crippen molar-refractivity contribution in [3.8, 4) is 11.3 Å². The highest BCUT2D eigenvalue weighted by atomic mass is 32.2. The maximum Gasteiger partial charge on any atom is 0.340 e. The second kappa shape index (κ2) is 7.71. The van der Waals surface area contributed by atoms with Crippen LogP contribution < -0.4 is 0 Å². The number of hydrogen-bond acceptors (Lipinski definition) is 6. The Hall–Kier alpha value is -2.36. The van der Waals surface area contributed by atoms with Crippen molar-refractivity contribution in [2.45, 2.75) is 12.8 Å². The summed E-state index contributed by atoms with van der Waals surface area (Å²) in [6.07, 6.45) is 4.24. The van der Waals surface area contributed by atoms with Gasteiger partial charge < -0.3 is 4.74 Å². The zero-order valence-corrected chi connectivity index (χ0v) is 16.4. The van der Waals surface area contributed by atoms with Crippen LogP contribution in [0.3, 0.4) is 0 Å². The lowest BCUT2D eigenvalue weighted by Crippen LogP contribution is -2.41. The molecule has 0 atom stereocenters. The molecule has 0 aliphatic carbocycles. The van der Waals surface area contributed by atoms with Crippen molar-refractivity contribution in [3.05, 3.63) is 47.4 Å². The Morgan fingerprint density at radius 2 is 2.00 bits per heavy atom. The van der Waals surface area contributed by atoms with Crippen LogP contribution in [0, 0.1) is 0 Å². The minimum absolute atomic E-state index is 0.335. The highest BCUT2D eigenvalue weighted by Gasteiger charge is 2.28. The summed E-state index contributed by atoms with van der Waals surface area (Å²) in [7, 11) is 0.859. The molecule has 0 spiro atoms. The first-order valence-corrected chi connectivity index (χ1v) is 9.93. The number of methoxy groups -OCH3 is 1. The van der Waals surface area contributed by atoms with Gasteiger partial charge in [-0.1, -0.05) is 0 Å². The smallest absolute Gasteiger partial charge is 0.340 e. The molecule has 1 aliphatic rings. The number of nitrogens with zero attached hydrogens (tertiary/aromatic N) is 4. The van der Waals surface area contributed by atoms with Crippen LogP contribution in [0.4, 0.5) is 0 Å². The Kier molecular flexibility index (Phi) is 5.54.